The van der Waals surface area contributed by atoms with Gasteiger partial charge in [-0.15, -0.1) is 0 Å². The monoisotopic (exact) mass is 300 g/mol. The van der Waals surface area contributed by atoms with Gasteiger partial charge in [-0.25, -0.2) is 4.68 Å². The lowest BCUT2D eigenvalue weighted by molar-refractivity contribution is 0.880. The molecule has 0 saturated heterocycles. The number of hydrogen-bond acceptors (Lipinski definition) is 1. The van der Waals surface area contributed by atoms with Gasteiger partial charge in [0.2, 0.25) is 0 Å². The molecule has 66 valence electrons. The summed E-state index contributed by atoms with van der Waals surface area (Å²) >= 11 is 6.74. The molecule has 0 aliphatic heterocycles. The van der Waals surface area contributed by atoms with E-state index in [0.717, 1.165) is 14.6 Å². The lowest BCUT2D eigenvalue weighted by Gasteiger charge is -1.99. The first-order valence-electron chi connectivity index (χ1n) is 3.72. The molecule has 1 aromatic carbocycles. The largest absolute Gasteiger partial charge is 0.240 e. The molecule has 2 nitrogen and oxygen atoms in total. The van der Waals surface area contributed by atoms with Crippen LogP contribution in [0.4, 0.5) is 0 Å². The molecule has 0 aliphatic carbocycles. The molecule has 0 aliphatic rings. The van der Waals surface area contributed by atoms with Gasteiger partial charge in [-0.2, -0.15) is 5.10 Å². The maximum Gasteiger partial charge on any atom is 0.0646 e. The molecular weight excluding hydrogens is 296 g/mol. The van der Waals surface area contributed by atoms with Crippen LogP contribution in [0.2, 0.25) is 0 Å². The zero-order chi connectivity index (χ0) is 9.26. The quantitative estimate of drug-likeness (QED) is 0.789. The molecule has 2 rings (SSSR count). The predicted molar refractivity (Wildman–Crippen MR) is 59.0 cm³/mol. The first-order chi connectivity index (χ1) is 6.25. The van der Waals surface area contributed by atoms with E-state index in [1.807, 2.05) is 35.1 Å². The van der Waals surface area contributed by atoms with Crippen molar-refractivity contribution in [3.05, 3.63) is 45.6 Å². The minimum Gasteiger partial charge on any atom is -0.240 e. The van der Waals surface area contributed by atoms with Crippen molar-refractivity contribution in [1.82, 2.24) is 9.78 Å². The Morgan fingerprint density at radius 2 is 1.69 bits per heavy atom. The van der Waals surface area contributed by atoms with Crippen LogP contribution in [0.3, 0.4) is 0 Å². The maximum absolute atomic E-state index is 4.17. The third-order valence-corrected chi connectivity index (χ3v) is 2.58. The summed E-state index contributed by atoms with van der Waals surface area (Å²) in [7, 11) is 0. The van der Waals surface area contributed by atoms with Crippen LogP contribution < -0.4 is 0 Å². The SMILES string of the molecule is Brc1ccc(-n2cc(Br)cn2)cc1. The molecule has 13 heavy (non-hydrogen) atoms. The van der Waals surface area contributed by atoms with Gasteiger partial charge in [-0.1, -0.05) is 15.9 Å². The Labute approximate surface area is 92.8 Å². The van der Waals surface area contributed by atoms with E-state index in [-0.39, 0.29) is 0 Å². The topological polar surface area (TPSA) is 17.8 Å². The molecule has 1 heterocycles. The molecule has 0 radical (unpaired) electrons. The van der Waals surface area contributed by atoms with E-state index >= 15 is 0 Å². The summed E-state index contributed by atoms with van der Waals surface area (Å²) < 4.78 is 3.87. The molecule has 0 saturated carbocycles. The minimum atomic E-state index is 0.982. The number of rotatable bonds is 1. The summed E-state index contributed by atoms with van der Waals surface area (Å²) in [6, 6.07) is 7.99. The van der Waals surface area contributed by atoms with Crippen LogP contribution in [-0.4, -0.2) is 9.78 Å². The standard InChI is InChI=1S/C9H6Br2N2/c10-7-1-3-9(4-2-7)13-6-8(11)5-12-13/h1-6H. The van der Waals surface area contributed by atoms with Crippen molar-refractivity contribution in [1.29, 1.82) is 0 Å². The van der Waals surface area contributed by atoms with Crippen molar-refractivity contribution in [3.8, 4) is 5.69 Å². The average Bonchev–Trinajstić information content (AvgIpc) is 2.53. The average molecular weight is 302 g/mol. The highest BCUT2D eigenvalue weighted by Crippen LogP contribution is 2.15. The molecule has 0 bridgehead atoms. The van der Waals surface area contributed by atoms with Gasteiger partial charge in [0.25, 0.3) is 0 Å². The fraction of sp³-hybridized carbons (Fsp3) is 0. The van der Waals surface area contributed by atoms with Crippen LogP contribution in [-0.2, 0) is 0 Å². The number of hydrogen-bond donors (Lipinski definition) is 0. The molecule has 0 fully saturated rings. The van der Waals surface area contributed by atoms with Crippen molar-refractivity contribution in [3.63, 3.8) is 0 Å². The van der Waals surface area contributed by atoms with Crippen molar-refractivity contribution in [2.24, 2.45) is 0 Å². The zero-order valence-corrected chi connectivity index (χ0v) is 9.79. The summed E-state index contributed by atoms with van der Waals surface area (Å²) in [5, 5.41) is 4.17. The number of nitrogens with zero attached hydrogens (tertiary/aromatic N) is 2. The van der Waals surface area contributed by atoms with Crippen LogP contribution >= 0.6 is 31.9 Å². The Balaban J connectivity index is 2.41. The fourth-order valence-electron chi connectivity index (χ4n) is 1.04. The van der Waals surface area contributed by atoms with Gasteiger partial charge in [0, 0.05) is 10.7 Å². The normalized spacial score (nSPS) is 10.3. The Hall–Kier alpha value is -0.610. The summed E-state index contributed by atoms with van der Waals surface area (Å²) in [4.78, 5) is 0. The first kappa shape index (κ1) is 8.97. The molecule has 0 atom stereocenters. The molecular formula is C9H6Br2N2. The van der Waals surface area contributed by atoms with Gasteiger partial charge < -0.3 is 0 Å². The number of aromatic nitrogens is 2. The van der Waals surface area contributed by atoms with Crippen molar-refractivity contribution in [2.45, 2.75) is 0 Å². The Morgan fingerprint density at radius 1 is 1.00 bits per heavy atom. The highest BCUT2D eigenvalue weighted by atomic mass is 79.9. The summed E-state index contributed by atoms with van der Waals surface area (Å²) in [5.74, 6) is 0. The minimum absolute atomic E-state index is 0.982. The Morgan fingerprint density at radius 3 is 2.23 bits per heavy atom. The lowest BCUT2D eigenvalue weighted by atomic mass is 10.3. The van der Waals surface area contributed by atoms with Crippen molar-refractivity contribution in [2.75, 3.05) is 0 Å². The molecule has 0 N–H and O–H groups in total. The first-order valence-corrected chi connectivity index (χ1v) is 5.30. The third-order valence-electron chi connectivity index (χ3n) is 1.64. The van der Waals surface area contributed by atoms with Gasteiger partial charge in [-0.05, 0) is 40.2 Å². The summed E-state index contributed by atoms with van der Waals surface area (Å²) in [6.45, 7) is 0. The van der Waals surface area contributed by atoms with E-state index in [0.29, 0.717) is 0 Å². The van der Waals surface area contributed by atoms with Gasteiger partial charge in [0.1, 0.15) is 0 Å². The Bertz CT molecular complexity index is 406. The third kappa shape index (κ3) is 2.00. The van der Waals surface area contributed by atoms with E-state index in [4.69, 9.17) is 0 Å². The second kappa shape index (κ2) is 3.64. The Kier molecular flexibility index (Phi) is 2.51. The molecule has 0 unspecified atom stereocenters. The van der Waals surface area contributed by atoms with Crippen LogP contribution in [0.15, 0.2) is 45.6 Å². The van der Waals surface area contributed by atoms with Gasteiger partial charge in [-0.3, -0.25) is 0 Å². The summed E-state index contributed by atoms with van der Waals surface area (Å²) in [6.07, 6.45) is 3.69. The molecule has 2 aromatic rings. The van der Waals surface area contributed by atoms with E-state index < -0.39 is 0 Å². The van der Waals surface area contributed by atoms with Gasteiger partial charge in [0.15, 0.2) is 0 Å². The van der Waals surface area contributed by atoms with Crippen LogP contribution in [0, 0.1) is 0 Å². The molecule has 1 aromatic heterocycles. The zero-order valence-electron chi connectivity index (χ0n) is 6.61. The second-order valence-corrected chi connectivity index (χ2v) is 4.41. The van der Waals surface area contributed by atoms with E-state index in [1.54, 1.807) is 6.20 Å². The fourth-order valence-corrected chi connectivity index (χ4v) is 1.59. The highest BCUT2D eigenvalue weighted by Gasteiger charge is 1.97. The van der Waals surface area contributed by atoms with Crippen molar-refractivity contribution < 1.29 is 0 Å². The highest BCUT2D eigenvalue weighted by molar-refractivity contribution is 9.10. The second-order valence-electron chi connectivity index (χ2n) is 2.58. The number of halogens is 2. The molecule has 0 spiro atoms. The summed E-state index contributed by atoms with van der Waals surface area (Å²) in [5.41, 5.74) is 1.05. The molecule has 0 amide bonds. The molecule has 4 heteroatoms. The van der Waals surface area contributed by atoms with Gasteiger partial charge >= 0.3 is 0 Å². The maximum atomic E-state index is 4.17. The van der Waals surface area contributed by atoms with Crippen LogP contribution in [0.25, 0.3) is 5.69 Å². The smallest absolute Gasteiger partial charge is 0.0646 e. The lowest BCUT2D eigenvalue weighted by Crippen LogP contribution is -1.92. The number of benzene rings is 1. The van der Waals surface area contributed by atoms with Crippen molar-refractivity contribution >= 4 is 31.9 Å². The van der Waals surface area contributed by atoms with E-state index in [1.165, 1.54) is 0 Å². The van der Waals surface area contributed by atoms with Crippen LogP contribution in [0.1, 0.15) is 0 Å². The van der Waals surface area contributed by atoms with E-state index in [9.17, 15) is 0 Å². The predicted octanol–water partition coefficient (Wildman–Crippen LogP) is 3.40. The van der Waals surface area contributed by atoms with Gasteiger partial charge in [0.05, 0.1) is 16.4 Å². The van der Waals surface area contributed by atoms with Crippen LogP contribution in [0.5, 0.6) is 0 Å². The van der Waals surface area contributed by atoms with E-state index in [2.05, 4.69) is 37.0 Å².